The normalized spacial score (nSPS) is 19.8. The van der Waals surface area contributed by atoms with Crippen LogP contribution in [0.3, 0.4) is 0 Å². The van der Waals surface area contributed by atoms with Gasteiger partial charge in [0.1, 0.15) is 8.07 Å². The highest BCUT2D eigenvalue weighted by Crippen LogP contribution is 2.19. The van der Waals surface area contributed by atoms with Crippen molar-refractivity contribution in [2.45, 2.75) is 50.4 Å². The number of piperidine rings is 1. The van der Waals surface area contributed by atoms with Crippen LogP contribution in [0.2, 0.25) is 12.6 Å². The zero-order chi connectivity index (χ0) is 16.8. The van der Waals surface area contributed by atoms with Gasteiger partial charge >= 0.3 is 0 Å². The van der Waals surface area contributed by atoms with Gasteiger partial charge in [-0.3, -0.25) is 0 Å². The molecule has 1 aliphatic heterocycles. The molecule has 24 heavy (non-hydrogen) atoms. The molecule has 0 aliphatic carbocycles. The van der Waals surface area contributed by atoms with Gasteiger partial charge in [0, 0.05) is 6.04 Å². The summed E-state index contributed by atoms with van der Waals surface area (Å²) in [6.07, 6.45) is 4.40. The zero-order valence-electron chi connectivity index (χ0n) is 14.6. The number of benzene rings is 2. The van der Waals surface area contributed by atoms with E-state index in [0.717, 1.165) is 19.0 Å². The third kappa shape index (κ3) is 4.15. The van der Waals surface area contributed by atoms with Crippen molar-refractivity contribution < 1.29 is 5.11 Å². The van der Waals surface area contributed by atoms with Crippen molar-refractivity contribution in [2.75, 3.05) is 6.54 Å². The number of hydrogen-bond donors (Lipinski definition) is 2. The van der Waals surface area contributed by atoms with Crippen LogP contribution in [0.5, 0.6) is 0 Å². The smallest absolute Gasteiger partial charge is 0.117 e. The Morgan fingerprint density at radius 1 is 1.00 bits per heavy atom. The Bertz CT molecular complexity index is 571. The van der Waals surface area contributed by atoms with Crippen molar-refractivity contribution >= 4 is 18.4 Å². The van der Waals surface area contributed by atoms with Crippen LogP contribution in [-0.2, 0) is 0 Å². The van der Waals surface area contributed by atoms with Crippen molar-refractivity contribution in [3.8, 4) is 0 Å². The van der Waals surface area contributed by atoms with Crippen LogP contribution in [0.15, 0.2) is 60.7 Å². The van der Waals surface area contributed by atoms with Crippen molar-refractivity contribution in [3.63, 3.8) is 0 Å². The van der Waals surface area contributed by atoms with Gasteiger partial charge in [-0.05, 0) is 31.9 Å². The van der Waals surface area contributed by atoms with Crippen LogP contribution in [0.1, 0.15) is 25.7 Å². The summed E-state index contributed by atoms with van der Waals surface area (Å²) in [6, 6.07) is 23.0. The van der Waals surface area contributed by atoms with Crippen LogP contribution >= 0.6 is 0 Å². The van der Waals surface area contributed by atoms with E-state index in [1.807, 2.05) is 0 Å². The fourth-order valence-electron chi connectivity index (χ4n) is 4.02. The summed E-state index contributed by atoms with van der Waals surface area (Å²) >= 11 is 0. The lowest BCUT2D eigenvalue weighted by Gasteiger charge is -2.33. The monoisotopic (exact) mass is 339 g/mol. The second-order valence-corrected chi connectivity index (χ2v) is 11.5. The van der Waals surface area contributed by atoms with Gasteiger partial charge in [0.2, 0.25) is 0 Å². The molecule has 3 rings (SSSR count). The van der Waals surface area contributed by atoms with Crippen LogP contribution < -0.4 is 15.7 Å². The minimum Gasteiger partial charge on any atom is -0.393 e. The minimum atomic E-state index is -1.93. The Morgan fingerprint density at radius 2 is 1.58 bits per heavy atom. The highest BCUT2D eigenvalue weighted by Gasteiger charge is 2.34. The molecular formula is C21H29NOSi. The average molecular weight is 340 g/mol. The predicted octanol–water partition coefficient (Wildman–Crippen LogP) is 2.77. The summed E-state index contributed by atoms with van der Waals surface area (Å²) in [5.41, 5.74) is 0. The molecule has 2 atom stereocenters. The van der Waals surface area contributed by atoms with Crippen molar-refractivity contribution in [1.82, 2.24) is 5.32 Å². The first-order valence-corrected chi connectivity index (χ1v) is 11.9. The van der Waals surface area contributed by atoms with E-state index < -0.39 is 8.07 Å². The average Bonchev–Trinajstić information content (AvgIpc) is 2.64. The molecule has 2 aromatic carbocycles. The van der Waals surface area contributed by atoms with Crippen molar-refractivity contribution in [3.05, 3.63) is 60.7 Å². The fourth-order valence-corrected chi connectivity index (χ4v) is 7.79. The highest BCUT2D eigenvalue weighted by atomic mass is 28.3. The molecule has 1 fully saturated rings. The maximum Gasteiger partial charge on any atom is 0.117 e. The molecule has 0 spiro atoms. The van der Waals surface area contributed by atoms with Crippen molar-refractivity contribution in [2.24, 2.45) is 0 Å². The van der Waals surface area contributed by atoms with Gasteiger partial charge in [-0.15, -0.1) is 0 Å². The Labute approximate surface area is 146 Å². The molecule has 0 saturated carbocycles. The summed E-state index contributed by atoms with van der Waals surface area (Å²) in [4.78, 5) is 0. The molecule has 0 radical (unpaired) electrons. The van der Waals surface area contributed by atoms with E-state index in [4.69, 9.17) is 0 Å². The summed E-state index contributed by atoms with van der Waals surface area (Å²) in [6.45, 7) is 3.50. The molecular weight excluding hydrogens is 310 g/mol. The van der Waals surface area contributed by atoms with E-state index in [1.165, 1.54) is 29.6 Å². The molecule has 0 aromatic heterocycles. The molecule has 2 aromatic rings. The lowest BCUT2D eigenvalue weighted by atomic mass is 10.00. The number of rotatable bonds is 6. The van der Waals surface area contributed by atoms with E-state index in [0.29, 0.717) is 6.04 Å². The third-order valence-corrected chi connectivity index (χ3v) is 9.94. The van der Waals surface area contributed by atoms with Gasteiger partial charge in [-0.1, -0.05) is 84.0 Å². The molecule has 0 amide bonds. The molecule has 1 saturated heterocycles. The highest BCUT2D eigenvalue weighted by molar-refractivity contribution is 7.01. The SMILES string of the molecule is C[Si](C[C@@H](O)C[C@@H]1CCCCN1)(c1ccccc1)c1ccccc1. The second kappa shape index (κ2) is 8.10. The molecule has 1 heterocycles. The second-order valence-electron chi connectivity index (χ2n) is 7.30. The Kier molecular flexibility index (Phi) is 5.88. The van der Waals surface area contributed by atoms with E-state index in [-0.39, 0.29) is 6.10 Å². The number of nitrogens with one attached hydrogen (secondary N) is 1. The Balaban J connectivity index is 1.80. The summed E-state index contributed by atoms with van der Waals surface area (Å²) < 4.78 is 0. The first kappa shape index (κ1) is 17.4. The third-order valence-electron chi connectivity index (χ3n) is 5.43. The van der Waals surface area contributed by atoms with Gasteiger partial charge in [-0.25, -0.2) is 0 Å². The maximum absolute atomic E-state index is 10.9. The molecule has 2 N–H and O–H groups in total. The largest absolute Gasteiger partial charge is 0.393 e. The van der Waals surface area contributed by atoms with Gasteiger partial charge in [0.05, 0.1) is 6.10 Å². The lowest BCUT2D eigenvalue weighted by Crippen LogP contribution is -2.57. The molecule has 0 bridgehead atoms. The van der Waals surface area contributed by atoms with E-state index in [9.17, 15) is 5.11 Å². The molecule has 0 unspecified atom stereocenters. The van der Waals surface area contributed by atoms with Crippen LogP contribution in [0.4, 0.5) is 0 Å². The fraction of sp³-hybridized carbons (Fsp3) is 0.429. The number of aliphatic hydroxyl groups is 1. The van der Waals surface area contributed by atoms with Gasteiger partial charge in [-0.2, -0.15) is 0 Å². The standard InChI is InChI=1S/C21H29NOSi/c1-24(20-11-4-2-5-12-20,21-13-6-3-7-14-21)17-19(23)16-18-10-8-9-15-22-18/h2-7,11-14,18-19,22-23H,8-10,15-17H2,1H3/t18-,19-/m0/s1. The van der Waals surface area contributed by atoms with E-state index in [2.05, 4.69) is 72.5 Å². The molecule has 128 valence electrons. The van der Waals surface area contributed by atoms with Crippen molar-refractivity contribution in [1.29, 1.82) is 0 Å². The summed E-state index contributed by atoms with van der Waals surface area (Å²) in [7, 11) is -1.93. The number of hydrogen-bond acceptors (Lipinski definition) is 2. The van der Waals surface area contributed by atoms with Crippen LogP contribution in [-0.4, -0.2) is 31.9 Å². The first-order chi connectivity index (χ1) is 11.7. The first-order valence-electron chi connectivity index (χ1n) is 9.21. The van der Waals surface area contributed by atoms with E-state index in [1.54, 1.807) is 0 Å². The van der Waals surface area contributed by atoms with E-state index >= 15 is 0 Å². The maximum atomic E-state index is 10.9. The molecule has 2 nitrogen and oxygen atoms in total. The lowest BCUT2D eigenvalue weighted by molar-refractivity contribution is 0.159. The predicted molar refractivity (Wildman–Crippen MR) is 105 cm³/mol. The summed E-state index contributed by atoms with van der Waals surface area (Å²) in [5, 5.41) is 17.2. The van der Waals surface area contributed by atoms with Gasteiger partial charge < -0.3 is 10.4 Å². The van der Waals surface area contributed by atoms with Gasteiger partial charge in [0.25, 0.3) is 0 Å². The Morgan fingerprint density at radius 3 is 2.08 bits per heavy atom. The zero-order valence-corrected chi connectivity index (χ0v) is 15.6. The van der Waals surface area contributed by atoms with Gasteiger partial charge in [0.15, 0.2) is 0 Å². The van der Waals surface area contributed by atoms with Crippen LogP contribution in [0, 0.1) is 0 Å². The number of aliphatic hydroxyl groups excluding tert-OH is 1. The topological polar surface area (TPSA) is 32.3 Å². The van der Waals surface area contributed by atoms with Crippen LogP contribution in [0.25, 0.3) is 0 Å². The molecule has 1 aliphatic rings. The molecule has 3 heteroatoms. The minimum absolute atomic E-state index is 0.238. The summed E-state index contributed by atoms with van der Waals surface area (Å²) in [5.74, 6) is 0. The Hall–Kier alpha value is -1.42. The quantitative estimate of drug-likeness (QED) is 0.793.